The summed E-state index contributed by atoms with van der Waals surface area (Å²) >= 11 is 1.66. The average Bonchev–Trinajstić information content (AvgIpc) is 2.26. The highest BCUT2D eigenvalue weighted by atomic mass is 32.2. The number of rotatable bonds is 5. The maximum atomic E-state index is 8.67. The highest BCUT2D eigenvalue weighted by molar-refractivity contribution is 7.99. The monoisotopic (exact) mass is 211 g/mol. The lowest BCUT2D eigenvalue weighted by molar-refractivity contribution is 0.322. The second kappa shape index (κ2) is 6.06. The normalized spacial score (nSPS) is 12.8. The molecule has 0 aromatic heterocycles. The molecule has 0 bridgehead atoms. The molecule has 78 valence electrons. The summed E-state index contributed by atoms with van der Waals surface area (Å²) in [6.45, 7) is 2.31. The van der Waals surface area contributed by atoms with Gasteiger partial charge in [0.05, 0.1) is 6.61 Å². The predicted molar refractivity (Wildman–Crippen MR) is 61.5 cm³/mol. The number of benzene rings is 1. The van der Waals surface area contributed by atoms with Gasteiger partial charge in [0.2, 0.25) is 0 Å². The van der Waals surface area contributed by atoms with E-state index in [1.807, 2.05) is 0 Å². The molecule has 1 atom stereocenters. The molecular weight excluding hydrogens is 194 g/mol. The highest BCUT2D eigenvalue weighted by Crippen LogP contribution is 2.20. The number of aliphatic hydroxyl groups is 1. The third-order valence-electron chi connectivity index (χ3n) is 2.11. The highest BCUT2D eigenvalue weighted by Gasteiger charge is 2.02. The quantitative estimate of drug-likeness (QED) is 0.734. The van der Waals surface area contributed by atoms with Crippen molar-refractivity contribution in [2.75, 3.05) is 12.4 Å². The number of thioether (sulfide) groups is 1. The summed E-state index contributed by atoms with van der Waals surface area (Å²) in [6, 6.07) is 8.39. The summed E-state index contributed by atoms with van der Waals surface area (Å²) in [5.41, 5.74) is 7.08. The zero-order valence-electron chi connectivity index (χ0n) is 8.44. The minimum atomic E-state index is 0.145. The van der Waals surface area contributed by atoms with Gasteiger partial charge >= 0.3 is 0 Å². The molecule has 3 N–H and O–H groups in total. The molecule has 14 heavy (non-hydrogen) atoms. The zero-order chi connectivity index (χ0) is 10.4. The van der Waals surface area contributed by atoms with E-state index in [0.717, 1.165) is 12.2 Å². The van der Waals surface area contributed by atoms with Crippen molar-refractivity contribution in [3.05, 3.63) is 29.8 Å². The first-order valence-corrected chi connectivity index (χ1v) is 5.85. The van der Waals surface area contributed by atoms with Gasteiger partial charge in [-0.15, -0.1) is 11.8 Å². The third kappa shape index (κ3) is 3.33. The van der Waals surface area contributed by atoms with Gasteiger partial charge in [-0.3, -0.25) is 0 Å². The largest absolute Gasteiger partial charge is 0.396 e. The summed E-state index contributed by atoms with van der Waals surface area (Å²) < 4.78 is 0. The van der Waals surface area contributed by atoms with Crippen LogP contribution in [0.4, 0.5) is 0 Å². The minimum absolute atomic E-state index is 0.145. The summed E-state index contributed by atoms with van der Waals surface area (Å²) in [6.07, 6.45) is 0.961. The Morgan fingerprint density at radius 3 is 2.50 bits per heavy atom. The van der Waals surface area contributed by atoms with E-state index in [9.17, 15) is 0 Å². The summed E-state index contributed by atoms with van der Waals surface area (Å²) in [5.74, 6) is 0.749. The van der Waals surface area contributed by atoms with Crippen LogP contribution in [0.3, 0.4) is 0 Å². The Balaban J connectivity index is 2.59. The van der Waals surface area contributed by atoms with Crippen LogP contribution in [0.1, 0.15) is 24.9 Å². The number of hydrogen-bond acceptors (Lipinski definition) is 3. The molecule has 1 unspecified atom stereocenters. The van der Waals surface area contributed by atoms with E-state index in [-0.39, 0.29) is 12.6 Å². The lowest BCUT2D eigenvalue weighted by Crippen LogP contribution is -2.07. The number of aliphatic hydroxyl groups excluding tert-OH is 1. The Labute approximate surface area is 89.5 Å². The lowest BCUT2D eigenvalue weighted by Gasteiger charge is -2.09. The molecule has 0 aliphatic carbocycles. The van der Waals surface area contributed by atoms with Gasteiger partial charge in [0.25, 0.3) is 0 Å². The fraction of sp³-hybridized carbons (Fsp3) is 0.455. The molecule has 1 aromatic carbocycles. The Morgan fingerprint density at radius 1 is 1.36 bits per heavy atom. The van der Waals surface area contributed by atoms with Crippen LogP contribution >= 0.6 is 11.8 Å². The Kier molecular flexibility index (Phi) is 5.01. The molecule has 0 aliphatic heterocycles. The van der Waals surface area contributed by atoms with Gasteiger partial charge in [0, 0.05) is 16.7 Å². The first-order chi connectivity index (χ1) is 6.77. The SMILES string of the molecule is CCC(N)c1ccc(SCCO)cc1. The molecule has 0 saturated carbocycles. The molecule has 0 fully saturated rings. The van der Waals surface area contributed by atoms with E-state index < -0.39 is 0 Å². The van der Waals surface area contributed by atoms with Crippen molar-refractivity contribution in [1.29, 1.82) is 0 Å². The summed E-state index contributed by atoms with van der Waals surface area (Å²) in [7, 11) is 0. The molecule has 0 heterocycles. The lowest BCUT2D eigenvalue weighted by atomic mass is 10.1. The molecule has 0 spiro atoms. The molecule has 3 heteroatoms. The van der Waals surface area contributed by atoms with Gasteiger partial charge in [-0.25, -0.2) is 0 Å². The van der Waals surface area contributed by atoms with Crippen molar-refractivity contribution < 1.29 is 5.11 Å². The van der Waals surface area contributed by atoms with Crippen molar-refractivity contribution in [1.82, 2.24) is 0 Å². The van der Waals surface area contributed by atoms with Crippen molar-refractivity contribution in [2.24, 2.45) is 5.73 Å². The second-order valence-electron chi connectivity index (χ2n) is 3.16. The zero-order valence-corrected chi connectivity index (χ0v) is 9.26. The van der Waals surface area contributed by atoms with Crippen LogP contribution in [0.15, 0.2) is 29.2 Å². The second-order valence-corrected chi connectivity index (χ2v) is 4.32. The Morgan fingerprint density at radius 2 is 2.00 bits per heavy atom. The third-order valence-corrected chi connectivity index (χ3v) is 3.10. The molecule has 0 saturated heterocycles. The predicted octanol–water partition coefficient (Wildman–Crippen LogP) is 2.18. The van der Waals surface area contributed by atoms with E-state index in [1.54, 1.807) is 11.8 Å². The molecule has 0 aliphatic rings. The van der Waals surface area contributed by atoms with Gasteiger partial charge in [-0.05, 0) is 24.1 Å². The van der Waals surface area contributed by atoms with Gasteiger partial charge < -0.3 is 10.8 Å². The van der Waals surface area contributed by atoms with Gasteiger partial charge in [-0.1, -0.05) is 19.1 Å². The molecule has 1 rings (SSSR count). The molecule has 0 amide bonds. The standard InChI is InChI=1S/C11H17NOS/c1-2-11(12)9-3-5-10(6-4-9)14-8-7-13/h3-6,11,13H,2,7-8,12H2,1H3. The molecule has 0 radical (unpaired) electrons. The van der Waals surface area contributed by atoms with Gasteiger partial charge in [0.1, 0.15) is 0 Å². The maximum absolute atomic E-state index is 8.67. The average molecular weight is 211 g/mol. The first-order valence-electron chi connectivity index (χ1n) is 4.87. The van der Waals surface area contributed by atoms with Crippen LogP contribution in [0.25, 0.3) is 0 Å². The van der Waals surface area contributed by atoms with Gasteiger partial charge in [0.15, 0.2) is 0 Å². The van der Waals surface area contributed by atoms with Crippen LogP contribution in [0, 0.1) is 0 Å². The Bertz CT molecular complexity index is 260. The molecule has 1 aromatic rings. The minimum Gasteiger partial charge on any atom is -0.396 e. The van der Waals surface area contributed by atoms with Gasteiger partial charge in [-0.2, -0.15) is 0 Å². The number of nitrogens with two attached hydrogens (primary N) is 1. The van der Waals surface area contributed by atoms with Crippen LogP contribution in [0.5, 0.6) is 0 Å². The van der Waals surface area contributed by atoms with Crippen LogP contribution < -0.4 is 5.73 Å². The maximum Gasteiger partial charge on any atom is 0.0525 e. The topological polar surface area (TPSA) is 46.2 Å². The fourth-order valence-corrected chi connectivity index (χ4v) is 1.87. The van der Waals surface area contributed by atoms with Crippen molar-refractivity contribution in [3.8, 4) is 0 Å². The van der Waals surface area contributed by atoms with E-state index in [2.05, 4.69) is 31.2 Å². The smallest absolute Gasteiger partial charge is 0.0525 e. The van der Waals surface area contributed by atoms with E-state index in [4.69, 9.17) is 10.8 Å². The summed E-state index contributed by atoms with van der Waals surface area (Å²) in [4.78, 5) is 1.19. The van der Waals surface area contributed by atoms with Crippen LogP contribution in [0.2, 0.25) is 0 Å². The van der Waals surface area contributed by atoms with E-state index in [1.165, 1.54) is 10.5 Å². The molecular formula is C11H17NOS. The van der Waals surface area contributed by atoms with Crippen LogP contribution in [-0.2, 0) is 0 Å². The van der Waals surface area contributed by atoms with Crippen molar-refractivity contribution >= 4 is 11.8 Å². The first kappa shape index (κ1) is 11.6. The van der Waals surface area contributed by atoms with Crippen LogP contribution in [-0.4, -0.2) is 17.5 Å². The molecule has 2 nitrogen and oxygen atoms in total. The number of hydrogen-bond donors (Lipinski definition) is 2. The van der Waals surface area contributed by atoms with E-state index >= 15 is 0 Å². The Hall–Kier alpha value is -0.510. The van der Waals surface area contributed by atoms with Crippen molar-refractivity contribution in [3.63, 3.8) is 0 Å². The van der Waals surface area contributed by atoms with Crippen molar-refractivity contribution in [2.45, 2.75) is 24.3 Å². The summed E-state index contributed by atoms with van der Waals surface area (Å²) in [5, 5.41) is 8.67. The van der Waals surface area contributed by atoms with E-state index in [0.29, 0.717) is 0 Å². The fourth-order valence-electron chi connectivity index (χ4n) is 1.21.